The lowest BCUT2D eigenvalue weighted by Crippen LogP contribution is -2.15. The molecule has 0 aliphatic carbocycles. The molecule has 0 radical (unpaired) electrons. The van der Waals surface area contributed by atoms with Gasteiger partial charge in [0.1, 0.15) is 17.1 Å². The van der Waals surface area contributed by atoms with Crippen molar-refractivity contribution in [3.63, 3.8) is 0 Å². The van der Waals surface area contributed by atoms with Gasteiger partial charge < -0.3 is 15.3 Å². The molecular formula is C16H13Cl2NO4. The molecule has 0 amide bonds. The van der Waals surface area contributed by atoms with Crippen LogP contribution in [0.25, 0.3) is 0 Å². The third-order valence-electron chi connectivity index (χ3n) is 3.88. The summed E-state index contributed by atoms with van der Waals surface area (Å²) in [4.78, 5) is 12.9. The van der Waals surface area contributed by atoms with Crippen molar-refractivity contribution in [1.29, 1.82) is 0 Å². The number of carboxylic acid groups (broad SMARTS) is 1. The van der Waals surface area contributed by atoms with Crippen LogP contribution in [0.3, 0.4) is 0 Å². The predicted octanol–water partition coefficient (Wildman–Crippen LogP) is 3.62. The van der Waals surface area contributed by atoms with Gasteiger partial charge in [-0.25, -0.2) is 4.79 Å². The quantitative estimate of drug-likeness (QED) is 0.785. The average Bonchev–Trinajstić information content (AvgIpc) is 2.89. The number of benzene rings is 2. The Morgan fingerprint density at radius 1 is 1.09 bits per heavy atom. The Hall–Kier alpha value is -1.95. The van der Waals surface area contributed by atoms with E-state index >= 15 is 0 Å². The van der Waals surface area contributed by atoms with Crippen molar-refractivity contribution in [2.24, 2.45) is 0 Å². The number of phenols is 2. The van der Waals surface area contributed by atoms with E-state index in [9.17, 15) is 15.0 Å². The molecule has 23 heavy (non-hydrogen) atoms. The molecule has 0 saturated heterocycles. The number of fused-ring (bicyclic) bond motifs is 1. The summed E-state index contributed by atoms with van der Waals surface area (Å²) in [6, 6.07) is 5.98. The van der Waals surface area contributed by atoms with Crippen molar-refractivity contribution in [2.45, 2.75) is 19.6 Å². The Kier molecular flexibility index (Phi) is 4.10. The van der Waals surface area contributed by atoms with Crippen LogP contribution in [-0.4, -0.2) is 26.2 Å². The minimum Gasteiger partial charge on any atom is -0.507 e. The van der Waals surface area contributed by atoms with Gasteiger partial charge in [0.15, 0.2) is 0 Å². The fourth-order valence-corrected chi connectivity index (χ4v) is 3.33. The Morgan fingerprint density at radius 3 is 2.43 bits per heavy atom. The summed E-state index contributed by atoms with van der Waals surface area (Å²) in [6.45, 7) is 1.50. The first-order valence-corrected chi connectivity index (χ1v) is 7.58. The highest BCUT2D eigenvalue weighted by Crippen LogP contribution is 2.40. The Labute approximate surface area is 142 Å². The summed E-state index contributed by atoms with van der Waals surface area (Å²) < 4.78 is 0. The van der Waals surface area contributed by atoms with Crippen molar-refractivity contribution in [3.8, 4) is 11.5 Å². The molecule has 0 aromatic heterocycles. The standard InChI is InChI=1S/C16H13Cl2NO4/c17-12-4-13(18)15(21)11-7-19(6-10(11)12)5-8-1-2-9(16(22)23)14(20)3-8/h1-4,20-21H,5-7H2,(H,22,23). The van der Waals surface area contributed by atoms with E-state index in [1.54, 1.807) is 6.07 Å². The number of phenolic OH excluding ortho intramolecular Hbond substituents is 1. The molecule has 1 aliphatic rings. The number of rotatable bonds is 3. The predicted molar refractivity (Wildman–Crippen MR) is 86.1 cm³/mol. The van der Waals surface area contributed by atoms with Crippen LogP contribution in [0.1, 0.15) is 27.0 Å². The van der Waals surface area contributed by atoms with E-state index < -0.39 is 5.97 Å². The number of hydrogen-bond acceptors (Lipinski definition) is 4. The topological polar surface area (TPSA) is 81.0 Å². The van der Waals surface area contributed by atoms with Crippen LogP contribution in [0.2, 0.25) is 10.0 Å². The van der Waals surface area contributed by atoms with Gasteiger partial charge in [-0.3, -0.25) is 4.90 Å². The molecule has 2 aromatic rings. The fraction of sp³-hybridized carbons (Fsp3) is 0.188. The van der Waals surface area contributed by atoms with Gasteiger partial charge in [-0.2, -0.15) is 0 Å². The highest BCUT2D eigenvalue weighted by molar-refractivity contribution is 6.36. The maximum Gasteiger partial charge on any atom is 0.339 e. The first-order chi connectivity index (χ1) is 10.9. The first kappa shape index (κ1) is 15.9. The van der Waals surface area contributed by atoms with Gasteiger partial charge in [0.05, 0.1) is 5.02 Å². The van der Waals surface area contributed by atoms with Gasteiger partial charge in [-0.1, -0.05) is 29.3 Å². The van der Waals surface area contributed by atoms with Crippen molar-refractivity contribution >= 4 is 29.2 Å². The molecule has 120 valence electrons. The molecular weight excluding hydrogens is 341 g/mol. The zero-order chi connectivity index (χ0) is 16.7. The van der Waals surface area contributed by atoms with E-state index in [4.69, 9.17) is 28.3 Å². The second-order valence-electron chi connectivity index (χ2n) is 5.45. The summed E-state index contributed by atoms with van der Waals surface area (Å²) >= 11 is 12.1. The second-order valence-corrected chi connectivity index (χ2v) is 6.26. The van der Waals surface area contributed by atoms with Gasteiger partial charge in [-0.05, 0) is 29.3 Å². The maximum absolute atomic E-state index is 10.9. The number of aromatic carboxylic acids is 1. The number of halogens is 2. The lowest BCUT2D eigenvalue weighted by Gasteiger charge is -2.15. The number of nitrogens with zero attached hydrogens (tertiary/aromatic N) is 1. The SMILES string of the molecule is O=C(O)c1ccc(CN2Cc3c(Cl)cc(Cl)c(O)c3C2)cc1O. The number of carbonyl (C=O) groups is 1. The van der Waals surface area contributed by atoms with Crippen molar-refractivity contribution in [1.82, 2.24) is 4.90 Å². The van der Waals surface area contributed by atoms with E-state index in [1.807, 2.05) is 4.90 Å². The van der Waals surface area contributed by atoms with E-state index in [1.165, 1.54) is 18.2 Å². The van der Waals surface area contributed by atoms with Crippen LogP contribution in [0.5, 0.6) is 11.5 Å². The first-order valence-electron chi connectivity index (χ1n) is 6.83. The number of aromatic hydroxyl groups is 2. The Bertz CT molecular complexity index is 807. The molecule has 0 saturated carbocycles. The molecule has 7 heteroatoms. The normalized spacial score (nSPS) is 14.0. The minimum atomic E-state index is -1.17. The average molecular weight is 354 g/mol. The van der Waals surface area contributed by atoms with Crippen molar-refractivity contribution < 1.29 is 20.1 Å². The Morgan fingerprint density at radius 2 is 1.78 bits per heavy atom. The lowest BCUT2D eigenvalue weighted by atomic mass is 10.1. The smallest absolute Gasteiger partial charge is 0.339 e. The molecule has 0 bridgehead atoms. The number of carboxylic acids is 1. The maximum atomic E-state index is 10.9. The van der Waals surface area contributed by atoms with E-state index in [0.29, 0.717) is 30.2 Å². The number of hydrogen-bond donors (Lipinski definition) is 3. The zero-order valence-corrected chi connectivity index (χ0v) is 13.4. The van der Waals surface area contributed by atoms with Crippen LogP contribution in [0.4, 0.5) is 0 Å². The highest BCUT2D eigenvalue weighted by Gasteiger charge is 2.26. The van der Waals surface area contributed by atoms with Crippen LogP contribution in [0, 0.1) is 0 Å². The minimum absolute atomic E-state index is 0.0395. The van der Waals surface area contributed by atoms with Gasteiger partial charge in [0, 0.05) is 30.2 Å². The molecule has 0 fully saturated rings. The van der Waals surface area contributed by atoms with Crippen molar-refractivity contribution in [3.05, 3.63) is 56.6 Å². The molecule has 0 spiro atoms. The van der Waals surface area contributed by atoms with E-state index in [-0.39, 0.29) is 22.1 Å². The van der Waals surface area contributed by atoms with Crippen LogP contribution >= 0.6 is 23.2 Å². The van der Waals surface area contributed by atoms with Gasteiger partial charge in [-0.15, -0.1) is 0 Å². The van der Waals surface area contributed by atoms with Crippen molar-refractivity contribution in [2.75, 3.05) is 0 Å². The molecule has 0 atom stereocenters. The third-order valence-corrected chi connectivity index (χ3v) is 4.51. The lowest BCUT2D eigenvalue weighted by molar-refractivity contribution is 0.0693. The van der Waals surface area contributed by atoms with Gasteiger partial charge in [0.25, 0.3) is 0 Å². The van der Waals surface area contributed by atoms with E-state index in [2.05, 4.69) is 0 Å². The summed E-state index contributed by atoms with van der Waals surface area (Å²) in [7, 11) is 0. The summed E-state index contributed by atoms with van der Waals surface area (Å²) in [5.74, 6) is -1.40. The summed E-state index contributed by atoms with van der Waals surface area (Å²) in [5.41, 5.74) is 2.17. The molecule has 1 aliphatic heterocycles. The third kappa shape index (κ3) is 2.95. The van der Waals surface area contributed by atoms with E-state index in [0.717, 1.165) is 11.1 Å². The van der Waals surface area contributed by atoms with Crippen LogP contribution in [0.15, 0.2) is 24.3 Å². The fourth-order valence-electron chi connectivity index (χ4n) is 2.77. The Balaban J connectivity index is 1.81. The van der Waals surface area contributed by atoms with Gasteiger partial charge in [0.2, 0.25) is 0 Å². The second kappa shape index (κ2) is 5.92. The molecule has 2 aromatic carbocycles. The van der Waals surface area contributed by atoms with Crippen LogP contribution in [-0.2, 0) is 19.6 Å². The molecule has 5 nitrogen and oxygen atoms in total. The molecule has 1 heterocycles. The zero-order valence-electron chi connectivity index (χ0n) is 11.9. The monoisotopic (exact) mass is 353 g/mol. The van der Waals surface area contributed by atoms with Crippen LogP contribution < -0.4 is 0 Å². The summed E-state index contributed by atoms with van der Waals surface area (Å²) in [6.07, 6.45) is 0. The molecule has 3 N–H and O–H groups in total. The highest BCUT2D eigenvalue weighted by atomic mass is 35.5. The molecule has 3 rings (SSSR count). The molecule has 0 unspecified atom stereocenters. The van der Waals surface area contributed by atoms with Gasteiger partial charge >= 0.3 is 5.97 Å². The summed E-state index contributed by atoms with van der Waals surface area (Å²) in [5, 5.41) is 29.5. The largest absolute Gasteiger partial charge is 0.507 e.